The third-order valence-electron chi connectivity index (χ3n) is 8.62. The van der Waals surface area contributed by atoms with Gasteiger partial charge in [0.1, 0.15) is 29.6 Å². The highest BCUT2D eigenvalue weighted by Crippen LogP contribution is 2.35. The Labute approximate surface area is 318 Å². The average Bonchev–Trinajstić information content (AvgIpc) is 3.16. The summed E-state index contributed by atoms with van der Waals surface area (Å²) in [6.45, 7) is 3.29. The summed E-state index contributed by atoms with van der Waals surface area (Å²) in [6, 6.07) is 42.3. The Bertz CT molecular complexity index is 2460. The number of phenolic OH excluding ortho intramolecular Hbond substituents is 1. The highest BCUT2D eigenvalue weighted by atomic mass is 32.1. The predicted octanol–water partition coefficient (Wildman–Crippen LogP) is 9.70. The second-order valence-corrected chi connectivity index (χ2v) is 14.3. The minimum absolute atomic E-state index is 0.0158. The predicted molar refractivity (Wildman–Crippen MR) is 218 cm³/mol. The van der Waals surface area contributed by atoms with Gasteiger partial charge in [-0.1, -0.05) is 84.9 Å². The van der Waals surface area contributed by atoms with Gasteiger partial charge in [-0.05, 0) is 92.3 Å². The van der Waals surface area contributed by atoms with Crippen molar-refractivity contribution >= 4 is 43.1 Å². The molecule has 0 atom stereocenters. The number of benzene rings is 6. The Morgan fingerprint density at radius 3 is 1.91 bits per heavy atom. The molecule has 0 fully saturated rings. The Morgan fingerprint density at radius 1 is 0.667 bits per heavy atom. The zero-order valence-electron chi connectivity index (χ0n) is 30.5. The second-order valence-electron chi connectivity index (χ2n) is 13.2. The van der Waals surface area contributed by atoms with E-state index in [0.29, 0.717) is 52.8 Å². The highest BCUT2D eigenvalue weighted by molar-refractivity contribution is 7.24. The largest absolute Gasteiger partial charge is 0.508 e. The van der Waals surface area contributed by atoms with Crippen LogP contribution in [0, 0.1) is 6.92 Å². The van der Waals surface area contributed by atoms with Gasteiger partial charge in [-0.15, -0.1) is 11.3 Å². The number of phenols is 1. The molecule has 7 aromatic rings. The van der Waals surface area contributed by atoms with Gasteiger partial charge >= 0.3 is 0 Å². The quantitative estimate of drug-likeness (QED) is 0.0987. The fraction of sp³-hybridized carbons (Fsp3) is 0.152. The van der Waals surface area contributed by atoms with Crippen molar-refractivity contribution in [3.05, 3.63) is 178 Å². The number of rotatable bonds is 12. The second kappa shape index (κ2) is 17.6. The molecule has 0 amide bonds. The molecule has 1 N–H and O–H groups in total. The molecule has 1 aromatic heterocycles. The van der Waals surface area contributed by atoms with Crippen LogP contribution in [-0.2, 0) is 12.8 Å². The van der Waals surface area contributed by atoms with Crippen molar-refractivity contribution < 1.29 is 24.2 Å². The van der Waals surface area contributed by atoms with Crippen LogP contribution in [0.4, 0.5) is 0 Å². The molecule has 54 heavy (non-hydrogen) atoms. The molecule has 0 spiro atoms. The van der Waals surface area contributed by atoms with Gasteiger partial charge in [0.25, 0.3) is 0 Å². The number of likely N-dealkylation sites (N-methyl/N-ethyl adjacent to an activating group) is 1. The van der Waals surface area contributed by atoms with Crippen molar-refractivity contribution in [2.45, 2.75) is 19.8 Å². The van der Waals surface area contributed by atoms with Crippen LogP contribution in [0.1, 0.15) is 37.4 Å². The molecule has 0 saturated carbocycles. The number of carbonyl (C=O) groups is 2. The fourth-order valence-corrected chi connectivity index (χ4v) is 7.01. The zero-order chi connectivity index (χ0) is 38.0. The topological polar surface area (TPSA) is 93.1 Å². The molecule has 0 saturated heterocycles. The lowest BCUT2D eigenvalue weighted by atomic mass is 10.0. The summed E-state index contributed by atoms with van der Waals surface area (Å²) >= 11 is 1.52. The lowest BCUT2D eigenvalue weighted by Gasteiger charge is -2.14. The van der Waals surface area contributed by atoms with E-state index in [1.165, 1.54) is 17.4 Å². The number of aryl methyl sites for hydroxylation is 1. The molecular formula is C46H41NO6S. The first-order chi connectivity index (χ1) is 26.1. The molecule has 7 rings (SSSR count). The average molecular weight is 736 g/mol. The van der Waals surface area contributed by atoms with Crippen LogP contribution in [0.3, 0.4) is 0 Å². The normalized spacial score (nSPS) is 10.9. The maximum atomic E-state index is 13.4. The lowest BCUT2D eigenvalue weighted by Crippen LogP contribution is -2.19. The molecule has 8 heteroatoms. The molecule has 7 nitrogen and oxygen atoms in total. The first kappa shape index (κ1) is 37.7. The minimum atomic E-state index is -0.0186. The number of Topliss-reactive ketones (excluding diaryl/α,β-unsaturated/α-hetero) is 2. The molecule has 0 radical (unpaired) electrons. The first-order valence-corrected chi connectivity index (χ1v) is 18.4. The van der Waals surface area contributed by atoms with Crippen molar-refractivity contribution in [2.75, 3.05) is 27.2 Å². The standard InChI is InChI=1S/C32H29NO4S.C14H12O2/c1-21-16-27-31(35)26-13-12-25(20-30(26)38-32(27)29(17-21)36-15-14-33(2)3)37-24-11-7-10-23(19-24)28(34)18-22-8-5-4-6-9-22;15-13-8-4-7-12(10-13)14(16)9-11-5-2-1-3-6-11/h4-13,16-17,19-20H,14-15,18H2,1-3H3;1-8,10,15H,9H2. The molecule has 0 unspecified atom stereocenters. The molecule has 0 aliphatic heterocycles. The lowest BCUT2D eigenvalue weighted by molar-refractivity contribution is 0.0984. The van der Waals surface area contributed by atoms with E-state index in [4.69, 9.17) is 9.47 Å². The summed E-state index contributed by atoms with van der Waals surface area (Å²) in [5, 5.41) is 10.6. The van der Waals surface area contributed by atoms with Gasteiger partial charge in [-0.2, -0.15) is 0 Å². The first-order valence-electron chi connectivity index (χ1n) is 17.6. The van der Waals surface area contributed by atoms with Crippen molar-refractivity contribution in [1.29, 1.82) is 0 Å². The number of hydrogen-bond donors (Lipinski definition) is 1. The molecule has 0 aliphatic carbocycles. The Kier molecular flexibility index (Phi) is 12.3. The van der Waals surface area contributed by atoms with Crippen LogP contribution < -0.4 is 14.9 Å². The van der Waals surface area contributed by atoms with Crippen molar-refractivity contribution in [1.82, 2.24) is 4.90 Å². The molecular weight excluding hydrogens is 695 g/mol. The zero-order valence-corrected chi connectivity index (χ0v) is 31.3. The third-order valence-corrected chi connectivity index (χ3v) is 9.81. The van der Waals surface area contributed by atoms with Gasteiger partial charge in [-0.25, -0.2) is 0 Å². The van der Waals surface area contributed by atoms with Crippen LogP contribution in [0.2, 0.25) is 0 Å². The van der Waals surface area contributed by atoms with E-state index in [0.717, 1.165) is 38.4 Å². The number of aromatic hydroxyl groups is 1. The Morgan fingerprint density at radius 2 is 1.28 bits per heavy atom. The number of fused-ring (bicyclic) bond motifs is 2. The van der Waals surface area contributed by atoms with E-state index in [1.54, 1.807) is 36.4 Å². The summed E-state index contributed by atoms with van der Waals surface area (Å²) in [6.07, 6.45) is 0.698. The van der Waals surface area contributed by atoms with Gasteiger partial charge in [0.05, 0.1) is 4.70 Å². The minimum Gasteiger partial charge on any atom is -0.508 e. The summed E-state index contributed by atoms with van der Waals surface area (Å²) in [4.78, 5) is 40.1. The van der Waals surface area contributed by atoms with Crippen molar-refractivity contribution in [2.24, 2.45) is 0 Å². The molecule has 272 valence electrons. The monoisotopic (exact) mass is 735 g/mol. The van der Waals surface area contributed by atoms with E-state index >= 15 is 0 Å². The SMILES string of the molecule is Cc1cc(OCCN(C)C)c2sc3cc(Oc4cccc(C(=O)Cc5ccccc5)c4)ccc3c(=O)c2c1.O=C(Cc1ccccc1)c1cccc(O)c1. The van der Waals surface area contributed by atoms with Crippen LogP contribution in [0.25, 0.3) is 20.2 Å². The van der Waals surface area contributed by atoms with E-state index in [1.807, 2.05) is 118 Å². The highest BCUT2D eigenvalue weighted by Gasteiger charge is 2.14. The molecule has 0 bridgehead atoms. The van der Waals surface area contributed by atoms with Gasteiger partial charge < -0.3 is 19.5 Å². The third kappa shape index (κ3) is 9.86. The van der Waals surface area contributed by atoms with Crippen LogP contribution in [0.5, 0.6) is 23.0 Å². The Balaban J connectivity index is 0.000000259. The summed E-state index contributed by atoms with van der Waals surface area (Å²) in [5.41, 5.74) is 4.07. The van der Waals surface area contributed by atoms with Crippen molar-refractivity contribution in [3.8, 4) is 23.0 Å². The van der Waals surface area contributed by atoms with Crippen LogP contribution >= 0.6 is 11.3 Å². The van der Waals surface area contributed by atoms with Gasteiger partial charge in [0, 0.05) is 46.0 Å². The summed E-state index contributed by atoms with van der Waals surface area (Å²) in [7, 11) is 4.00. The molecule has 1 heterocycles. The van der Waals surface area contributed by atoms with E-state index in [2.05, 4.69) is 4.90 Å². The number of ether oxygens (including phenoxy) is 2. The Hall–Kier alpha value is -6.09. The smallest absolute Gasteiger partial charge is 0.196 e. The molecule has 6 aromatic carbocycles. The number of ketones is 2. The summed E-state index contributed by atoms with van der Waals surface area (Å²) < 4.78 is 13.9. The number of hydrogen-bond acceptors (Lipinski definition) is 8. The van der Waals surface area contributed by atoms with E-state index in [-0.39, 0.29) is 22.7 Å². The van der Waals surface area contributed by atoms with Crippen LogP contribution in [-0.4, -0.2) is 48.8 Å². The maximum Gasteiger partial charge on any atom is 0.196 e. The van der Waals surface area contributed by atoms with Crippen molar-refractivity contribution in [3.63, 3.8) is 0 Å². The van der Waals surface area contributed by atoms with E-state index in [9.17, 15) is 19.5 Å². The van der Waals surface area contributed by atoms with Gasteiger partial charge in [-0.3, -0.25) is 14.4 Å². The van der Waals surface area contributed by atoms with Gasteiger partial charge in [0.2, 0.25) is 0 Å². The number of nitrogens with zero attached hydrogens (tertiary/aromatic N) is 1. The summed E-state index contributed by atoms with van der Waals surface area (Å²) in [5.74, 6) is 2.06. The molecule has 0 aliphatic rings. The van der Waals surface area contributed by atoms with E-state index < -0.39 is 0 Å². The maximum absolute atomic E-state index is 13.4. The van der Waals surface area contributed by atoms with Crippen LogP contribution in [0.15, 0.2) is 144 Å². The van der Waals surface area contributed by atoms with Gasteiger partial charge in [0.15, 0.2) is 17.0 Å². The fourth-order valence-electron chi connectivity index (χ4n) is 5.87. The number of carbonyl (C=O) groups excluding carboxylic acids is 2.